The van der Waals surface area contributed by atoms with Gasteiger partial charge in [0.05, 0.1) is 27.5 Å². The molecule has 1 aliphatic carbocycles. The lowest BCUT2D eigenvalue weighted by Gasteiger charge is -2.12. The van der Waals surface area contributed by atoms with Gasteiger partial charge in [0.1, 0.15) is 28.8 Å². The van der Waals surface area contributed by atoms with E-state index in [9.17, 15) is 9.18 Å². The maximum absolute atomic E-state index is 14.9. The molecule has 0 spiro atoms. The van der Waals surface area contributed by atoms with Crippen LogP contribution in [0.4, 0.5) is 20.7 Å². The number of aromatic amines is 1. The molecule has 2 amide bonds. The van der Waals surface area contributed by atoms with Gasteiger partial charge in [0.25, 0.3) is 0 Å². The van der Waals surface area contributed by atoms with Crippen LogP contribution >= 0.6 is 11.6 Å². The number of nitrogens with one attached hydrogen (secondary N) is 3. The number of benzene rings is 2. The second-order valence-corrected chi connectivity index (χ2v) is 8.88. The van der Waals surface area contributed by atoms with Gasteiger partial charge in [-0.25, -0.2) is 18.9 Å². The fourth-order valence-electron chi connectivity index (χ4n) is 3.96. The minimum absolute atomic E-state index is 0.00703. The second kappa shape index (κ2) is 9.01. The Kier molecular flexibility index (Phi) is 5.54. The molecular weight excluding hydrogens is 483 g/mol. The average molecular weight is 503 g/mol. The zero-order valence-corrected chi connectivity index (χ0v) is 19.6. The van der Waals surface area contributed by atoms with Gasteiger partial charge in [-0.2, -0.15) is 5.10 Å². The van der Waals surface area contributed by atoms with Crippen molar-refractivity contribution in [3.63, 3.8) is 0 Å². The number of halogens is 2. The van der Waals surface area contributed by atoms with E-state index in [1.165, 1.54) is 12.1 Å². The van der Waals surface area contributed by atoms with Gasteiger partial charge in [-0.1, -0.05) is 29.8 Å². The Balaban J connectivity index is 1.19. The molecule has 8 nitrogen and oxygen atoms in total. The smallest absolute Gasteiger partial charge is 0.324 e. The lowest BCUT2D eigenvalue weighted by atomic mass is 10.2. The second-order valence-electron chi connectivity index (χ2n) is 8.47. The molecular formula is C26H20ClFN6O2. The number of carbonyl (C=O) groups excluding carboxylic acids is 1. The van der Waals surface area contributed by atoms with Crippen molar-refractivity contribution < 1.29 is 13.9 Å². The van der Waals surface area contributed by atoms with Gasteiger partial charge in [-0.15, -0.1) is 0 Å². The molecule has 1 fully saturated rings. The Morgan fingerprint density at radius 1 is 1.11 bits per heavy atom. The van der Waals surface area contributed by atoms with Gasteiger partial charge in [0.15, 0.2) is 0 Å². The van der Waals surface area contributed by atoms with Crippen LogP contribution in [0.1, 0.15) is 24.5 Å². The number of nitrogens with zero attached hydrogens (tertiary/aromatic N) is 3. The highest BCUT2D eigenvalue weighted by Gasteiger charge is 2.28. The van der Waals surface area contributed by atoms with E-state index in [2.05, 4.69) is 25.7 Å². The van der Waals surface area contributed by atoms with Gasteiger partial charge in [0.2, 0.25) is 0 Å². The van der Waals surface area contributed by atoms with Crippen LogP contribution in [0.15, 0.2) is 73.1 Å². The van der Waals surface area contributed by atoms with Crippen molar-refractivity contribution in [3.8, 4) is 17.2 Å². The number of fused-ring (bicyclic) bond motifs is 1. The Hall–Kier alpha value is -4.37. The number of aromatic nitrogens is 4. The van der Waals surface area contributed by atoms with E-state index in [4.69, 9.17) is 16.3 Å². The highest BCUT2D eigenvalue weighted by molar-refractivity contribution is 6.36. The summed E-state index contributed by atoms with van der Waals surface area (Å²) in [5.74, 6) is 0.949. The summed E-state index contributed by atoms with van der Waals surface area (Å²) in [6.07, 6.45) is 5.34. The summed E-state index contributed by atoms with van der Waals surface area (Å²) in [4.78, 5) is 19.9. The molecule has 1 aliphatic rings. The summed E-state index contributed by atoms with van der Waals surface area (Å²) < 4.78 is 22.4. The number of hydrogen-bond donors (Lipinski definition) is 3. The molecule has 0 unspecified atom stereocenters. The van der Waals surface area contributed by atoms with Crippen LogP contribution < -0.4 is 15.4 Å². The van der Waals surface area contributed by atoms with E-state index in [0.717, 1.165) is 24.2 Å². The molecule has 36 heavy (non-hydrogen) atoms. The topological polar surface area (TPSA) is 96.9 Å². The number of para-hydroxylation sites is 1. The number of rotatable bonds is 6. The third-order valence-electron chi connectivity index (χ3n) is 5.87. The Labute approximate surface area is 210 Å². The Morgan fingerprint density at radius 3 is 2.72 bits per heavy atom. The van der Waals surface area contributed by atoms with Crippen molar-refractivity contribution in [1.29, 1.82) is 0 Å². The maximum atomic E-state index is 14.9. The van der Waals surface area contributed by atoms with Crippen LogP contribution in [-0.2, 0) is 0 Å². The number of H-pyrrole nitrogens is 1. The first-order valence-corrected chi connectivity index (χ1v) is 11.8. The minimum Gasteiger partial charge on any atom is -0.456 e. The lowest BCUT2D eigenvalue weighted by Crippen LogP contribution is -2.21. The van der Waals surface area contributed by atoms with Gasteiger partial charge in [-0.05, 0) is 43.2 Å². The number of hydrogen-bond acceptors (Lipinski definition) is 4. The van der Waals surface area contributed by atoms with Crippen molar-refractivity contribution in [3.05, 3.63) is 89.6 Å². The molecule has 180 valence electrons. The van der Waals surface area contributed by atoms with E-state index >= 15 is 0 Å². The van der Waals surface area contributed by atoms with Crippen LogP contribution in [0, 0.1) is 5.82 Å². The standard InChI is InChI=1S/C26H20ClFN6O2/c27-18-14-30-25-24(18)22(10-11-29-25)36-17-8-9-20(19(28)12-17)31-26(35)32-23-13-21(15-6-7-15)33-34(23)16-4-2-1-3-5-16/h1-5,8-15H,6-7H2,(H,29,30)(H2,31,32,35). The molecule has 0 aliphatic heterocycles. The summed E-state index contributed by atoms with van der Waals surface area (Å²) in [6.45, 7) is 0. The molecule has 0 radical (unpaired) electrons. The SMILES string of the molecule is O=C(Nc1ccc(Oc2ccnc3[nH]cc(Cl)c23)cc1F)Nc1cc(C2CC2)nn1-c1ccccc1. The zero-order valence-electron chi connectivity index (χ0n) is 18.8. The summed E-state index contributed by atoms with van der Waals surface area (Å²) in [6, 6.07) is 16.6. The van der Waals surface area contributed by atoms with Crippen molar-refractivity contribution in [2.75, 3.05) is 10.6 Å². The molecule has 10 heteroatoms. The molecule has 3 heterocycles. The third kappa shape index (κ3) is 4.36. The quantitative estimate of drug-likeness (QED) is 0.236. The molecule has 0 bridgehead atoms. The van der Waals surface area contributed by atoms with Crippen LogP contribution in [-0.4, -0.2) is 25.8 Å². The summed E-state index contributed by atoms with van der Waals surface area (Å²) in [5, 5.41) is 11.1. The highest BCUT2D eigenvalue weighted by atomic mass is 35.5. The normalized spacial score (nSPS) is 13.1. The predicted octanol–water partition coefficient (Wildman–Crippen LogP) is 6.85. The van der Waals surface area contributed by atoms with Crippen molar-refractivity contribution >= 4 is 40.2 Å². The molecule has 0 saturated heterocycles. The van der Waals surface area contributed by atoms with Crippen molar-refractivity contribution in [2.24, 2.45) is 0 Å². The molecule has 6 rings (SSSR count). The summed E-state index contributed by atoms with van der Waals surface area (Å²) >= 11 is 6.21. The number of ether oxygens (including phenoxy) is 1. The third-order valence-corrected chi connectivity index (χ3v) is 6.17. The molecule has 2 aromatic carbocycles. The zero-order chi connectivity index (χ0) is 24.6. The van der Waals surface area contributed by atoms with Gasteiger partial charge < -0.3 is 15.0 Å². The summed E-state index contributed by atoms with van der Waals surface area (Å²) in [5.41, 5.74) is 2.31. The molecule has 3 N–H and O–H groups in total. The maximum Gasteiger partial charge on any atom is 0.324 e. The Morgan fingerprint density at radius 2 is 1.94 bits per heavy atom. The van der Waals surface area contributed by atoms with E-state index in [0.29, 0.717) is 33.5 Å². The first-order chi connectivity index (χ1) is 17.5. The monoisotopic (exact) mass is 502 g/mol. The van der Waals surface area contributed by atoms with Gasteiger partial charge >= 0.3 is 6.03 Å². The van der Waals surface area contributed by atoms with Crippen LogP contribution in [0.25, 0.3) is 16.7 Å². The fraction of sp³-hybridized carbons (Fsp3) is 0.115. The number of pyridine rings is 1. The van der Waals surface area contributed by atoms with E-state index in [1.807, 2.05) is 36.4 Å². The van der Waals surface area contributed by atoms with Crippen LogP contribution in [0.5, 0.6) is 11.5 Å². The van der Waals surface area contributed by atoms with Gasteiger partial charge in [-0.3, -0.25) is 5.32 Å². The first-order valence-electron chi connectivity index (χ1n) is 11.4. The molecule has 3 aromatic heterocycles. The van der Waals surface area contributed by atoms with Crippen molar-refractivity contribution in [1.82, 2.24) is 19.7 Å². The fourth-order valence-corrected chi connectivity index (χ4v) is 4.20. The highest BCUT2D eigenvalue weighted by Crippen LogP contribution is 2.40. The summed E-state index contributed by atoms with van der Waals surface area (Å²) in [7, 11) is 0. The Bertz CT molecular complexity index is 1580. The molecule has 5 aromatic rings. The number of anilines is 2. The van der Waals surface area contributed by atoms with Crippen LogP contribution in [0.2, 0.25) is 5.02 Å². The largest absolute Gasteiger partial charge is 0.456 e. The molecule has 0 atom stereocenters. The average Bonchev–Trinajstić information content (AvgIpc) is 3.54. The number of amides is 2. The van der Waals surface area contributed by atoms with E-state index in [1.54, 1.807) is 29.2 Å². The number of carbonyl (C=O) groups is 1. The van der Waals surface area contributed by atoms with Crippen molar-refractivity contribution in [2.45, 2.75) is 18.8 Å². The lowest BCUT2D eigenvalue weighted by molar-refractivity contribution is 0.262. The van der Waals surface area contributed by atoms with Gasteiger partial charge in [0, 0.05) is 30.4 Å². The predicted molar refractivity (Wildman–Crippen MR) is 136 cm³/mol. The van der Waals surface area contributed by atoms with Crippen LogP contribution in [0.3, 0.4) is 0 Å². The molecule has 1 saturated carbocycles. The first kappa shape index (κ1) is 22.1. The van der Waals surface area contributed by atoms with E-state index < -0.39 is 11.8 Å². The van der Waals surface area contributed by atoms with E-state index in [-0.39, 0.29) is 11.4 Å². The minimum atomic E-state index is -0.650. The number of urea groups is 1.